The van der Waals surface area contributed by atoms with E-state index in [-0.39, 0.29) is 0 Å². The largest absolute Gasteiger partial charge is 0.443 e. The van der Waals surface area contributed by atoms with Gasteiger partial charge in [0, 0.05) is 0 Å². The van der Waals surface area contributed by atoms with Crippen molar-refractivity contribution in [2.24, 2.45) is 11.5 Å². The van der Waals surface area contributed by atoms with Crippen molar-refractivity contribution in [3.63, 3.8) is 0 Å². The predicted octanol–water partition coefficient (Wildman–Crippen LogP) is 0.183. The molecule has 0 bridgehead atoms. The van der Waals surface area contributed by atoms with E-state index in [4.69, 9.17) is 15.9 Å². The Morgan fingerprint density at radius 1 is 1.53 bits per heavy atom. The third kappa shape index (κ3) is 1.97. The molecule has 1 aromatic carbocycles. The number of carbonyl (C=O) groups excluding carboxylic acids is 1. The number of nitrogens with zero attached hydrogens (tertiary/aromatic N) is 1. The van der Waals surface area contributed by atoms with Crippen molar-refractivity contribution in [2.75, 3.05) is 0 Å². The van der Waals surface area contributed by atoms with Gasteiger partial charge >= 0.3 is 0 Å². The molecular weight excluding hydrogens is 194 g/mol. The molecule has 78 valence electrons. The third-order valence-electron chi connectivity index (χ3n) is 2.22. The lowest BCUT2D eigenvalue weighted by Gasteiger charge is -2.06. The topological polar surface area (TPSA) is 95.1 Å². The van der Waals surface area contributed by atoms with E-state index in [2.05, 4.69) is 4.98 Å². The van der Waals surface area contributed by atoms with Gasteiger partial charge in [-0.1, -0.05) is 6.07 Å². The van der Waals surface area contributed by atoms with E-state index in [9.17, 15) is 4.79 Å². The Morgan fingerprint density at radius 3 is 3.07 bits per heavy atom. The number of hydrogen-bond acceptors (Lipinski definition) is 4. The van der Waals surface area contributed by atoms with Crippen LogP contribution in [0.25, 0.3) is 11.1 Å². The smallest absolute Gasteiger partial charge is 0.234 e. The number of rotatable bonds is 3. The van der Waals surface area contributed by atoms with Gasteiger partial charge < -0.3 is 15.9 Å². The summed E-state index contributed by atoms with van der Waals surface area (Å²) < 4.78 is 5.13. The molecule has 1 unspecified atom stereocenters. The van der Waals surface area contributed by atoms with Crippen molar-refractivity contribution in [1.29, 1.82) is 0 Å². The molecule has 0 aliphatic rings. The van der Waals surface area contributed by atoms with Crippen molar-refractivity contribution < 1.29 is 9.21 Å². The Balaban J connectivity index is 2.24. The van der Waals surface area contributed by atoms with Crippen LogP contribution in [0.5, 0.6) is 0 Å². The summed E-state index contributed by atoms with van der Waals surface area (Å²) in [6.07, 6.45) is 1.79. The van der Waals surface area contributed by atoms with E-state index in [0.717, 1.165) is 11.1 Å². The van der Waals surface area contributed by atoms with E-state index in [1.807, 2.05) is 18.2 Å². The second kappa shape index (κ2) is 3.70. The summed E-state index contributed by atoms with van der Waals surface area (Å²) >= 11 is 0. The summed E-state index contributed by atoms with van der Waals surface area (Å²) in [5, 5.41) is 0. The maximum absolute atomic E-state index is 10.8. The Hall–Kier alpha value is -1.88. The average Bonchev–Trinajstić information content (AvgIpc) is 2.64. The fourth-order valence-electron chi connectivity index (χ4n) is 1.38. The first-order valence-corrected chi connectivity index (χ1v) is 4.54. The van der Waals surface area contributed by atoms with Crippen molar-refractivity contribution >= 4 is 17.0 Å². The van der Waals surface area contributed by atoms with Crippen molar-refractivity contribution in [2.45, 2.75) is 12.5 Å². The predicted molar refractivity (Wildman–Crippen MR) is 54.9 cm³/mol. The molecule has 2 rings (SSSR count). The van der Waals surface area contributed by atoms with Gasteiger partial charge in [-0.05, 0) is 24.1 Å². The molecule has 1 heterocycles. The van der Waals surface area contributed by atoms with Crippen LogP contribution in [0.15, 0.2) is 29.0 Å². The van der Waals surface area contributed by atoms with Crippen LogP contribution in [0.4, 0.5) is 0 Å². The molecule has 5 nitrogen and oxygen atoms in total. The first kappa shape index (κ1) is 9.67. The van der Waals surface area contributed by atoms with Gasteiger partial charge in [-0.3, -0.25) is 4.79 Å². The van der Waals surface area contributed by atoms with Gasteiger partial charge in [-0.25, -0.2) is 4.98 Å². The van der Waals surface area contributed by atoms with E-state index < -0.39 is 11.9 Å². The lowest BCUT2D eigenvalue weighted by Crippen LogP contribution is -2.38. The normalized spacial score (nSPS) is 12.9. The second-order valence-corrected chi connectivity index (χ2v) is 3.37. The van der Waals surface area contributed by atoms with Crippen LogP contribution in [-0.4, -0.2) is 16.9 Å². The van der Waals surface area contributed by atoms with Crippen LogP contribution in [0, 0.1) is 0 Å². The Bertz CT molecular complexity index is 492. The van der Waals surface area contributed by atoms with Crippen LogP contribution in [0.3, 0.4) is 0 Å². The summed E-state index contributed by atoms with van der Waals surface area (Å²) in [5.41, 5.74) is 13.0. The van der Waals surface area contributed by atoms with Crippen LogP contribution in [-0.2, 0) is 11.2 Å². The fourth-order valence-corrected chi connectivity index (χ4v) is 1.38. The van der Waals surface area contributed by atoms with Crippen molar-refractivity contribution in [3.05, 3.63) is 30.2 Å². The van der Waals surface area contributed by atoms with Gasteiger partial charge in [-0.15, -0.1) is 0 Å². The van der Waals surface area contributed by atoms with Gasteiger partial charge in [0.25, 0.3) is 0 Å². The summed E-state index contributed by atoms with van der Waals surface area (Å²) in [6, 6.07) is 4.83. The fraction of sp³-hybridized carbons (Fsp3) is 0.200. The SMILES string of the molecule is NC(=O)C(N)Cc1ccc2ncoc2c1. The third-order valence-corrected chi connectivity index (χ3v) is 2.22. The minimum Gasteiger partial charge on any atom is -0.443 e. The van der Waals surface area contributed by atoms with E-state index >= 15 is 0 Å². The number of primary amides is 1. The van der Waals surface area contributed by atoms with Crippen molar-refractivity contribution in [1.82, 2.24) is 4.98 Å². The Kier molecular flexibility index (Phi) is 2.39. The van der Waals surface area contributed by atoms with E-state index in [1.165, 1.54) is 6.39 Å². The molecule has 4 N–H and O–H groups in total. The minimum absolute atomic E-state index is 0.409. The summed E-state index contributed by atoms with van der Waals surface area (Å²) in [5.74, 6) is -0.507. The van der Waals surface area contributed by atoms with E-state index in [1.54, 1.807) is 0 Å². The maximum Gasteiger partial charge on any atom is 0.234 e. The average molecular weight is 205 g/mol. The van der Waals surface area contributed by atoms with Crippen molar-refractivity contribution in [3.8, 4) is 0 Å². The number of fused-ring (bicyclic) bond motifs is 1. The number of nitrogens with two attached hydrogens (primary N) is 2. The highest BCUT2D eigenvalue weighted by Gasteiger charge is 2.10. The zero-order chi connectivity index (χ0) is 10.8. The molecule has 1 aromatic heterocycles. The van der Waals surface area contributed by atoms with Crippen LogP contribution >= 0.6 is 0 Å². The highest BCUT2D eigenvalue weighted by Crippen LogP contribution is 2.14. The lowest BCUT2D eigenvalue weighted by molar-refractivity contribution is -0.119. The molecule has 0 radical (unpaired) electrons. The quantitative estimate of drug-likeness (QED) is 0.747. The number of hydrogen-bond donors (Lipinski definition) is 2. The van der Waals surface area contributed by atoms with Crippen LogP contribution < -0.4 is 11.5 Å². The molecule has 15 heavy (non-hydrogen) atoms. The molecular formula is C10H11N3O2. The molecule has 5 heteroatoms. The standard InChI is InChI=1S/C10H11N3O2/c11-7(10(12)14)3-6-1-2-8-9(4-6)15-5-13-8/h1-2,4-5,7H,3,11H2,(H2,12,14). The monoisotopic (exact) mass is 205 g/mol. The maximum atomic E-state index is 10.8. The summed E-state index contributed by atoms with van der Waals surface area (Å²) in [6.45, 7) is 0. The molecule has 0 aliphatic carbocycles. The van der Waals surface area contributed by atoms with Gasteiger partial charge in [0.1, 0.15) is 5.52 Å². The molecule has 2 aromatic rings. The Morgan fingerprint density at radius 2 is 2.33 bits per heavy atom. The van der Waals surface area contributed by atoms with Gasteiger partial charge in [0.2, 0.25) is 5.91 Å². The first-order chi connectivity index (χ1) is 7.16. The van der Waals surface area contributed by atoms with E-state index in [0.29, 0.717) is 12.0 Å². The number of amides is 1. The molecule has 0 fully saturated rings. The lowest BCUT2D eigenvalue weighted by atomic mass is 10.1. The molecule has 1 atom stereocenters. The van der Waals surface area contributed by atoms with Gasteiger partial charge in [-0.2, -0.15) is 0 Å². The Labute approximate surface area is 86.1 Å². The minimum atomic E-state index is -0.662. The molecule has 0 spiro atoms. The van der Waals surface area contributed by atoms with Gasteiger partial charge in [0.15, 0.2) is 12.0 Å². The number of carbonyl (C=O) groups is 1. The zero-order valence-corrected chi connectivity index (χ0v) is 8.01. The highest BCUT2D eigenvalue weighted by atomic mass is 16.3. The number of aromatic nitrogens is 1. The number of oxazole rings is 1. The highest BCUT2D eigenvalue weighted by molar-refractivity contribution is 5.80. The molecule has 1 amide bonds. The zero-order valence-electron chi connectivity index (χ0n) is 8.01. The second-order valence-electron chi connectivity index (χ2n) is 3.37. The van der Waals surface area contributed by atoms with Gasteiger partial charge in [0.05, 0.1) is 6.04 Å². The first-order valence-electron chi connectivity index (χ1n) is 4.54. The summed E-state index contributed by atoms with van der Waals surface area (Å²) in [7, 11) is 0. The number of benzene rings is 1. The van der Waals surface area contributed by atoms with Crippen LogP contribution in [0.1, 0.15) is 5.56 Å². The summed E-state index contributed by atoms with van der Waals surface area (Å²) in [4.78, 5) is 14.8. The van der Waals surface area contributed by atoms with Crippen LogP contribution in [0.2, 0.25) is 0 Å². The molecule has 0 saturated carbocycles. The molecule has 0 saturated heterocycles. The molecule has 0 aliphatic heterocycles.